The summed E-state index contributed by atoms with van der Waals surface area (Å²) < 4.78 is 6.12. The van der Waals surface area contributed by atoms with Crippen LogP contribution in [0.1, 0.15) is 67.7 Å². The quantitative estimate of drug-likeness (QED) is 0.617. The van der Waals surface area contributed by atoms with Crippen LogP contribution in [0.15, 0.2) is 0 Å². The van der Waals surface area contributed by atoms with Gasteiger partial charge < -0.3 is 4.74 Å². The largest absolute Gasteiger partial charge is 0.370 e. The number of hydrogen-bond donors (Lipinski definition) is 0. The van der Waals surface area contributed by atoms with Gasteiger partial charge in [-0.1, -0.05) is 20.8 Å². The first-order valence-corrected chi connectivity index (χ1v) is 5.89. The van der Waals surface area contributed by atoms with Gasteiger partial charge in [0.15, 0.2) is 0 Å². The van der Waals surface area contributed by atoms with Crippen molar-refractivity contribution in [3.63, 3.8) is 0 Å². The monoisotopic (exact) mass is 200 g/mol. The first-order chi connectivity index (χ1) is 6.18. The maximum absolute atomic E-state index is 6.12. The maximum atomic E-state index is 6.12. The summed E-state index contributed by atoms with van der Waals surface area (Å²) in [6.45, 7) is 15.5. The summed E-state index contributed by atoms with van der Waals surface area (Å²) in [7, 11) is 0. The molecule has 0 aromatic rings. The summed E-state index contributed by atoms with van der Waals surface area (Å²) in [5.74, 6) is 0.766. The van der Waals surface area contributed by atoms with E-state index >= 15 is 0 Å². The van der Waals surface area contributed by atoms with E-state index in [0.29, 0.717) is 0 Å². The molecule has 0 aliphatic heterocycles. The van der Waals surface area contributed by atoms with Crippen LogP contribution in [0, 0.1) is 5.92 Å². The Balaban J connectivity index is 4.06. The molecule has 14 heavy (non-hydrogen) atoms. The van der Waals surface area contributed by atoms with Crippen molar-refractivity contribution in [2.24, 2.45) is 5.92 Å². The summed E-state index contributed by atoms with van der Waals surface area (Å²) in [5.41, 5.74) is 0.0320. The molecule has 0 saturated carbocycles. The van der Waals surface area contributed by atoms with Crippen LogP contribution in [0.3, 0.4) is 0 Å². The molecule has 0 fully saturated rings. The van der Waals surface area contributed by atoms with Gasteiger partial charge in [0, 0.05) is 0 Å². The van der Waals surface area contributed by atoms with E-state index in [2.05, 4.69) is 48.5 Å². The highest BCUT2D eigenvalue weighted by atomic mass is 16.5. The van der Waals surface area contributed by atoms with Gasteiger partial charge in [0.1, 0.15) is 0 Å². The Morgan fingerprint density at radius 3 is 1.86 bits per heavy atom. The van der Waals surface area contributed by atoms with Gasteiger partial charge in [-0.2, -0.15) is 0 Å². The summed E-state index contributed by atoms with van der Waals surface area (Å²) in [4.78, 5) is 0. The second kappa shape index (κ2) is 5.16. The van der Waals surface area contributed by atoms with Crippen LogP contribution in [0.5, 0.6) is 0 Å². The summed E-state index contributed by atoms with van der Waals surface area (Å²) in [6, 6.07) is 0. The smallest absolute Gasteiger partial charge is 0.0633 e. The van der Waals surface area contributed by atoms with E-state index in [-0.39, 0.29) is 11.2 Å². The lowest BCUT2D eigenvalue weighted by molar-refractivity contribution is -0.128. The van der Waals surface area contributed by atoms with Crippen LogP contribution in [0.4, 0.5) is 0 Å². The predicted octanol–water partition coefficient (Wildman–Crippen LogP) is 4.41. The van der Waals surface area contributed by atoms with Crippen LogP contribution in [-0.4, -0.2) is 11.2 Å². The lowest BCUT2D eigenvalue weighted by Crippen LogP contribution is -2.36. The first kappa shape index (κ1) is 14.0. The minimum absolute atomic E-state index is 0.0144. The summed E-state index contributed by atoms with van der Waals surface area (Å²) in [6.07, 6.45) is 3.46. The molecule has 0 aromatic carbocycles. The predicted molar refractivity (Wildman–Crippen MR) is 63.6 cm³/mol. The molecule has 0 heterocycles. The molecule has 0 aromatic heterocycles. The lowest BCUT2D eigenvalue weighted by Gasteiger charge is -2.36. The number of rotatable bonds is 6. The average molecular weight is 200 g/mol. The molecule has 0 saturated heterocycles. The highest BCUT2D eigenvalue weighted by Crippen LogP contribution is 2.27. The van der Waals surface area contributed by atoms with E-state index in [9.17, 15) is 0 Å². The molecule has 0 aliphatic carbocycles. The van der Waals surface area contributed by atoms with Gasteiger partial charge >= 0.3 is 0 Å². The Kier molecular flexibility index (Phi) is 5.14. The van der Waals surface area contributed by atoms with E-state index < -0.39 is 0 Å². The van der Waals surface area contributed by atoms with Crippen molar-refractivity contribution in [1.82, 2.24) is 0 Å². The molecule has 0 rings (SSSR count). The minimum atomic E-state index is 0.0144. The van der Waals surface area contributed by atoms with Crippen LogP contribution in [0.25, 0.3) is 0 Å². The molecule has 0 radical (unpaired) electrons. The third kappa shape index (κ3) is 6.42. The zero-order valence-electron chi connectivity index (χ0n) is 11.1. The molecular weight excluding hydrogens is 172 g/mol. The molecular formula is C13H28O. The van der Waals surface area contributed by atoms with E-state index in [1.165, 1.54) is 6.42 Å². The fraction of sp³-hybridized carbons (Fsp3) is 1.00. The molecule has 0 spiro atoms. The molecule has 1 heteroatoms. The highest BCUT2D eigenvalue weighted by molar-refractivity contribution is 4.76. The first-order valence-electron chi connectivity index (χ1n) is 5.89. The van der Waals surface area contributed by atoms with E-state index in [1.807, 2.05) is 0 Å². The SMILES string of the molecule is CCC(C)(C)OC(C)(C)CCC(C)C. The van der Waals surface area contributed by atoms with Crippen molar-refractivity contribution in [1.29, 1.82) is 0 Å². The Hall–Kier alpha value is -0.0400. The molecule has 0 amide bonds. The zero-order valence-corrected chi connectivity index (χ0v) is 11.1. The molecule has 0 atom stereocenters. The van der Waals surface area contributed by atoms with Crippen molar-refractivity contribution in [2.75, 3.05) is 0 Å². The fourth-order valence-electron chi connectivity index (χ4n) is 1.51. The zero-order chi connectivity index (χ0) is 11.4. The Bertz CT molecular complexity index is 157. The van der Waals surface area contributed by atoms with Crippen molar-refractivity contribution < 1.29 is 4.74 Å². The standard InChI is InChI=1S/C13H28O/c1-8-12(4,5)14-13(6,7)10-9-11(2)3/h11H,8-10H2,1-7H3. The van der Waals surface area contributed by atoms with Gasteiger partial charge in [-0.3, -0.25) is 0 Å². The maximum Gasteiger partial charge on any atom is 0.0633 e. The van der Waals surface area contributed by atoms with Gasteiger partial charge in [-0.15, -0.1) is 0 Å². The van der Waals surface area contributed by atoms with Crippen molar-refractivity contribution in [2.45, 2.75) is 78.9 Å². The third-order valence-electron chi connectivity index (χ3n) is 2.73. The molecule has 0 N–H and O–H groups in total. The molecule has 0 unspecified atom stereocenters. The minimum Gasteiger partial charge on any atom is -0.370 e. The van der Waals surface area contributed by atoms with E-state index in [0.717, 1.165) is 18.8 Å². The van der Waals surface area contributed by atoms with Crippen LogP contribution >= 0.6 is 0 Å². The van der Waals surface area contributed by atoms with Gasteiger partial charge in [0.05, 0.1) is 11.2 Å². The van der Waals surface area contributed by atoms with Crippen LogP contribution in [0.2, 0.25) is 0 Å². The fourth-order valence-corrected chi connectivity index (χ4v) is 1.51. The lowest BCUT2D eigenvalue weighted by atomic mass is 9.95. The van der Waals surface area contributed by atoms with E-state index in [4.69, 9.17) is 4.74 Å². The van der Waals surface area contributed by atoms with Gasteiger partial charge in [0.25, 0.3) is 0 Å². The molecule has 1 nitrogen and oxygen atoms in total. The normalized spacial score (nSPS) is 13.7. The Morgan fingerprint density at radius 1 is 1.00 bits per heavy atom. The van der Waals surface area contributed by atoms with Gasteiger partial charge in [-0.25, -0.2) is 0 Å². The van der Waals surface area contributed by atoms with Crippen LogP contribution < -0.4 is 0 Å². The molecule has 0 aliphatic rings. The van der Waals surface area contributed by atoms with E-state index in [1.54, 1.807) is 0 Å². The van der Waals surface area contributed by atoms with Gasteiger partial charge in [-0.05, 0) is 52.9 Å². The average Bonchev–Trinajstić information content (AvgIpc) is 1.99. The van der Waals surface area contributed by atoms with Crippen molar-refractivity contribution >= 4 is 0 Å². The molecule has 86 valence electrons. The second-order valence-electron chi connectivity index (χ2n) is 5.91. The van der Waals surface area contributed by atoms with Crippen LogP contribution in [-0.2, 0) is 4.74 Å². The second-order valence-corrected chi connectivity index (χ2v) is 5.91. The number of hydrogen-bond acceptors (Lipinski definition) is 1. The third-order valence-corrected chi connectivity index (χ3v) is 2.73. The van der Waals surface area contributed by atoms with Gasteiger partial charge in [0.2, 0.25) is 0 Å². The highest BCUT2D eigenvalue weighted by Gasteiger charge is 2.27. The van der Waals surface area contributed by atoms with Crippen molar-refractivity contribution in [3.8, 4) is 0 Å². The van der Waals surface area contributed by atoms with Crippen molar-refractivity contribution in [3.05, 3.63) is 0 Å². The molecule has 0 bridgehead atoms. The summed E-state index contributed by atoms with van der Waals surface area (Å²) >= 11 is 0. The Labute approximate surface area is 90.2 Å². The Morgan fingerprint density at radius 2 is 1.50 bits per heavy atom. The number of ether oxygens (including phenoxy) is 1. The topological polar surface area (TPSA) is 9.23 Å². The summed E-state index contributed by atoms with van der Waals surface area (Å²) in [5, 5.41) is 0.